The van der Waals surface area contributed by atoms with Crippen LogP contribution in [0.2, 0.25) is 0 Å². The lowest BCUT2D eigenvalue weighted by Gasteiger charge is -2.18. The second-order valence-electron chi connectivity index (χ2n) is 7.33. The lowest BCUT2D eigenvalue weighted by Crippen LogP contribution is -2.46. The Morgan fingerprint density at radius 2 is 1.38 bits per heavy atom. The number of anilines is 2. The van der Waals surface area contributed by atoms with Gasteiger partial charge >= 0.3 is 12.1 Å². The third-order valence-corrected chi connectivity index (χ3v) is 5.27. The van der Waals surface area contributed by atoms with Crippen LogP contribution < -0.4 is 25.4 Å². The van der Waals surface area contributed by atoms with Crippen LogP contribution in [0.5, 0.6) is 11.5 Å². The molecule has 0 spiro atoms. The molecule has 2 aliphatic rings. The summed E-state index contributed by atoms with van der Waals surface area (Å²) in [6, 6.07) is 13.1. The van der Waals surface area contributed by atoms with Gasteiger partial charge in [-0.1, -0.05) is 0 Å². The molecule has 3 N–H and O–H groups in total. The van der Waals surface area contributed by atoms with Crippen molar-refractivity contribution in [2.75, 3.05) is 38.1 Å². The molecule has 170 valence electrons. The van der Waals surface area contributed by atoms with Crippen molar-refractivity contribution in [2.45, 2.75) is 24.4 Å². The summed E-state index contributed by atoms with van der Waals surface area (Å²) in [6.07, 6.45) is -2.05. The van der Waals surface area contributed by atoms with E-state index in [1.807, 2.05) is 0 Å². The lowest BCUT2D eigenvalue weighted by atomic mass is 10.1. The summed E-state index contributed by atoms with van der Waals surface area (Å²) in [7, 11) is 3.15. The Balaban J connectivity index is 1.26. The molecule has 4 atom stereocenters. The number of methoxy groups -OCH3 is 2. The Labute approximate surface area is 185 Å². The number of carbonyl (C=O) groups excluding carboxylic acids is 2. The van der Waals surface area contributed by atoms with Gasteiger partial charge in [0, 0.05) is 11.4 Å². The average molecular weight is 443 g/mol. The zero-order valence-electron chi connectivity index (χ0n) is 17.7. The van der Waals surface area contributed by atoms with Gasteiger partial charge in [0.25, 0.3) is 0 Å². The average Bonchev–Trinajstić information content (AvgIpc) is 3.38. The summed E-state index contributed by atoms with van der Waals surface area (Å²) in [5.74, 6) is 1.38. The van der Waals surface area contributed by atoms with Crippen LogP contribution in [0.25, 0.3) is 0 Å². The zero-order chi connectivity index (χ0) is 22.5. The van der Waals surface area contributed by atoms with Crippen molar-refractivity contribution >= 4 is 23.5 Å². The van der Waals surface area contributed by atoms with Crippen LogP contribution in [-0.2, 0) is 14.2 Å². The predicted molar refractivity (Wildman–Crippen MR) is 115 cm³/mol. The second kappa shape index (κ2) is 9.75. The van der Waals surface area contributed by atoms with E-state index in [0.717, 1.165) is 0 Å². The minimum Gasteiger partial charge on any atom is -0.497 e. The lowest BCUT2D eigenvalue weighted by molar-refractivity contribution is 0.00873. The number of ether oxygens (including phenoxy) is 5. The highest BCUT2D eigenvalue weighted by atomic mass is 16.6. The molecule has 2 heterocycles. The normalized spacial score (nSPS) is 23.7. The second-order valence-corrected chi connectivity index (χ2v) is 7.33. The number of benzene rings is 2. The molecular weight excluding hydrogens is 418 g/mol. The molecule has 2 aliphatic heterocycles. The van der Waals surface area contributed by atoms with Crippen LogP contribution in [0.3, 0.4) is 0 Å². The topological polar surface area (TPSA) is 116 Å². The molecule has 0 saturated carbocycles. The summed E-state index contributed by atoms with van der Waals surface area (Å²) < 4.78 is 27.2. The van der Waals surface area contributed by atoms with E-state index in [9.17, 15) is 9.59 Å². The number of urea groups is 1. The maximum Gasteiger partial charge on any atom is 0.412 e. The third-order valence-electron chi connectivity index (χ3n) is 5.27. The van der Waals surface area contributed by atoms with Gasteiger partial charge in [0.15, 0.2) is 6.10 Å². The Bertz CT molecular complexity index is 858. The first-order valence-corrected chi connectivity index (χ1v) is 10.1. The molecule has 32 heavy (non-hydrogen) atoms. The molecule has 2 aromatic carbocycles. The number of hydrogen-bond donors (Lipinski definition) is 3. The van der Waals surface area contributed by atoms with Crippen LogP contribution in [0.1, 0.15) is 0 Å². The molecule has 2 fully saturated rings. The smallest absolute Gasteiger partial charge is 0.412 e. The number of carbonyl (C=O) groups is 2. The molecule has 0 bridgehead atoms. The quantitative estimate of drug-likeness (QED) is 0.628. The summed E-state index contributed by atoms with van der Waals surface area (Å²) in [5, 5.41) is 8.27. The van der Waals surface area contributed by atoms with Crippen LogP contribution in [0.4, 0.5) is 21.0 Å². The number of rotatable bonds is 6. The number of hydrogen-bond acceptors (Lipinski definition) is 7. The van der Waals surface area contributed by atoms with Gasteiger partial charge in [0.2, 0.25) is 0 Å². The molecule has 10 heteroatoms. The first-order valence-electron chi connectivity index (χ1n) is 10.1. The van der Waals surface area contributed by atoms with Gasteiger partial charge in [-0.2, -0.15) is 0 Å². The van der Waals surface area contributed by atoms with E-state index < -0.39 is 24.4 Å². The fourth-order valence-corrected chi connectivity index (χ4v) is 3.66. The van der Waals surface area contributed by atoms with E-state index in [0.29, 0.717) is 22.9 Å². The fraction of sp³-hybridized carbons (Fsp3) is 0.364. The van der Waals surface area contributed by atoms with Crippen molar-refractivity contribution in [3.05, 3.63) is 48.5 Å². The highest BCUT2D eigenvalue weighted by Crippen LogP contribution is 2.29. The molecule has 2 aromatic rings. The Hall–Kier alpha value is -3.50. The highest BCUT2D eigenvalue weighted by molar-refractivity contribution is 5.89. The molecule has 4 rings (SSSR count). The van der Waals surface area contributed by atoms with Gasteiger partial charge in [0.05, 0.1) is 33.5 Å². The molecule has 2 saturated heterocycles. The van der Waals surface area contributed by atoms with Gasteiger partial charge in [0.1, 0.15) is 23.7 Å². The molecule has 10 nitrogen and oxygen atoms in total. The Kier molecular flexibility index (Phi) is 6.62. The van der Waals surface area contributed by atoms with Crippen molar-refractivity contribution in [1.29, 1.82) is 0 Å². The maximum absolute atomic E-state index is 12.4. The third kappa shape index (κ3) is 5.04. The standard InChI is InChI=1S/C22H25N3O7/c1-28-15-7-3-13(4-8-15)23-21(26)25-17-11-30-20-18(12-31-19(17)20)32-22(27)24-14-5-9-16(29-2)10-6-14/h3-10,17-20H,11-12H2,1-2H3,(H,24,27)(H2,23,25,26). The van der Waals surface area contributed by atoms with Gasteiger partial charge in [-0.3, -0.25) is 5.32 Å². The van der Waals surface area contributed by atoms with Crippen LogP contribution in [-0.4, -0.2) is 63.9 Å². The molecule has 3 amide bonds. The van der Waals surface area contributed by atoms with E-state index in [1.165, 1.54) is 0 Å². The zero-order valence-corrected chi connectivity index (χ0v) is 17.7. The van der Waals surface area contributed by atoms with Crippen molar-refractivity contribution in [1.82, 2.24) is 5.32 Å². The van der Waals surface area contributed by atoms with E-state index in [1.54, 1.807) is 62.8 Å². The van der Waals surface area contributed by atoms with E-state index in [-0.39, 0.29) is 25.3 Å². The van der Waals surface area contributed by atoms with Crippen molar-refractivity contribution in [2.24, 2.45) is 0 Å². The monoisotopic (exact) mass is 443 g/mol. The van der Waals surface area contributed by atoms with E-state index in [4.69, 9.17) is 23.7 Å². The molecule has 4 unspecified atom stereocenters. The Morgan fingerprint density at radius 3 is 1.97 bits per heavy atom. The van der Waals surface area contributed by atoms with Crippen LogP contribution in [0.15, 0.2) is 48.5 Å². The van der Waals surface area contributed by atoms with Crippen molar-refractivity contribution < 1.29 is 33.3 Å². The molecular formula is C22H25N3O7. The number of fused-ring (bicyclic) bond motifs is 1. The molecule has 0 radical (unpaired) electrons. The van der Waals surface area contributed by atoms with Gasteiger partial charge in [-0.15, -0.1) is 0 Å². The summed E-state index contributed by atoms with van der Waals surface area (Å²) in [6.45, 7) is 0.439. The summed E-state index contributed by atoms with van der Waals surface area (Å²) in [5.41, 5.74) is 1.20. The minimum atomic E-state index is -0.610. The van der Waals surface area contributed by atoms with E-state index >= 15 is 0 Å². The van der Waals surface area contributed by atoms with Crippen molar-refractivity contribution in [3.63, 3.8) is 0 Å². The fourth-order valence-electron chi connectivity index (χ4n) is 3.66. The van der Waals surface area contributed by atoms with Crippen molar-refractivity contribution in [3.8, 4) is 11.5 Å². The maximum atomic E-state index is 12.4. The largest absolute Gasteiger partial charge is 0.497 e. The first-order chi connectivity index (χ1) is 15.6. The SMILES string of the molecule is COc1ccc(NC(=O)NC2COC3C(OC(=O)Nc4ccc(OC)cc4)COC23)cc1. The Morgan fingerprint density at radius 1 is 0.812 bits per heavy atom. The number of amides is 3. The molecule has 0 aliphatic carbocycles. The minimum absolute atomic E-state index is 0.184. The summed E-state index contributed by atoms with van der Waals surface area (Å²) in [4.78, 5) is 24.6. The predicted octanol–water partition coefficient (Wildman–Crippen LogP) is 2.61. The van der Waals surface area contributed by atoms with Gasteiger partial charge in [-0.05, 0) is 48.5 Å². The number of nitrogens with one attached hydrogen (secondary N) is 3. The van der Waals surface area contributed by atoms with Gasteiger partial charge in [-0.25, -0.2) is 9.59 Å². The van der Waals surface area contributed by atoms with Crippen LogP contribution >= 0.6 is 0 Å². The van der Waals surface area contributed by atoms with E-state index in [2.05, 4.69) is 16.0 Å². The first kappa shape index (κ1) is 21.7. The molecule has 0 aromatic heterocycles. The van der Waals surface area contributed by atoms with Crippen LogP contribution in [0, 0.1) is 0 Å². The highest BCUT2D eigenvalue weighted by Gasteiger charge is 2.50. The van der Waals surface area contributed by atoms with Gasteiger partial charge < -0.3 is 34.3 Å². The summed E-state index contributed by atoms with van der Waals surface area (Å²) >= 11 is 0.